The van der Waals surface area contributed by atoms with Crippen LogP contribution >= 0.6 is 0 Å². The van der Waals surface area contributed by atoms with Gasteiger partial charge in [-0.3, -0.25) is 9.59 Å². The predicted octanol–water partition coefficient (Wildman–Crippen LogP) is 2.86. The maximum Gasteiger partial charge on any atom is 0.309 e. The van der Waals surface area contributed by atoms with Gasteiger partial charge in [0.25, 0.3) is 0 Å². The monoisotopic (exact) mass is 262 g/mol. The molecule has 0 N–H and O–H groups in total. The van der Waals surface area contributed by atoms with Crippen molar-refractivity contribution in [2.45, 2.75) is 20.3 Å². The molecular formula is C15H18O4. The SMILES string of the molecule is CCOC(=O)CC=Cc1cc(C(C)=O)ccc1OC. The van der Waals surface area contributed by atoms with Crippen molar-refractivity contribution in [3.8, 4) is 5.75 Å². The summed E-state index contributed by atoms with van der Waals surface area (Å²) < 4.78 is 10.0. The van der Waals surface area contributed by atoms with Crippen LogP contribution in [0.1, 0.15) is 36.2 Å². The second-order valence-electron chi connectivity index (χ2n) is 3.92. The molecule has 19 heavy (non-hydrogen) atoms. The summed E-state index contributed by atoms with van der Waals surface area (Å²) in [6.45, 7) is 3.64. The first-order chi connectivity index (χ1) is 9.08. The maximum atomic E-state index is 11.3. The highest BCUT2D eigenvalue weighted by atomic mass is 16.5. The zero-order valence-electron chi connectivity index (χ0n) is 11.4. The summed E-state index contributed by atoms with van der Waals surface area (Å²) in [6.07, 6.45) is 3.64. The van der Waals surface area contributed by atoms with Crippen molar-refractivity contribution in [2.24, 2.45) is 0 Å². The zero-order chi connectivity index (χ0) is 14.3. The van der Waals surface area contributed by atoms with Gasteiger partial charge in [0.1, 0.15) is 5.75 Å². The van der Waals surface area contributed by atoms with Gasteiger partial charge in [-0.15, -0.1) is 0 Å². The Morgan fingerprint density at radius 2 is 2.05 bits per heavy atom. The highest BCUT2D eigenvalue weighted by Crippen LogP contribution is 2.21. The molecule has 0 spiro atoms. The molecule has 4 heteroatoms. The summed E-state index contributed by atoms with van der Waals surface area (Å²) in [5.74, 6) is 0.369. The zero-order valence-corrected chi connectivity index (χ0v) is 11.4. The molecular weight excluding hydrogens is 244 g/mol. The number of hydrogen-bond acceptors (Lipinski definition) is 4. The summed E-state index contributed by atoms with van der Waals surface area (Å²) in [5.41, 5.74) is 1.37. The second kappa shape index (κ2) is 7.36. The highest BCUT2D eigenvalue weighted by molar-refractivity contribution is 5.95. The minimum atomic E-state index is -0.277. The fraction of sp³-hybridized carbons (Fsp3) is 0.333. The van der Waals surface area contributed by atoms with E-state index < -0.39 is 0 Å². The third-order valence-corrected chi connectivity index (χ3v) is 2.52. The number of carbonyl (C=O) groups is 2. The van der Waals surface area contributed by atoms with Gasteiger partial charge in [0, 0.05) is 11.1 Å². The average Bonchev–Trinajstić information content (AvgIpc) is 2.38. The van der Waals surface area contributed by atoms with Gasteiger partial charge in [0.15, 0.2) is 5.78 Å². The van der Waals surface area contributed by atoms with E-state index in [9.17, 15) is 9.59 Å². The Kier molecular flexibility index (Phi) is 5.79. The quantitative estimate of drug-likeness (QED) is 0.584. The number of carbonyl (C=O) groups excluding carboxylic acids is 2. The Labute approximate surface area is 113 Å². The van der Waals surface area contributed by atoms with Gasteiger partial charge in [0.05, 0.1) is 20.1 Å². The molecule has 0 aliphatic heterocycles. The minimum Gasteiger partial charge on any atom is -0.496 e. The molecule has 0 aliphatic rings. The lowest BCUT2D eigenvalue weighted by atomic mass is 10.1. The number of esters is 1. The van der Waals surface area contributed by atoms with Gasteiger partial charge in [-0.2, -0.15) is 0 Å². The Morgan fingerprint density at radius 1 is 1.32 bits per heavy atom. The Morgan fingerprint density at radius 3 is 2.63 bits per heavy atom. The molecule has 0 atom stereocenters. The second-order valence-corrected chi connectivity index (χ2v) is 3.92. The maximum absolute atomic E-state index is 11.3. The number of methoxy groups -OCH3 is 1. The van der Waals surface area contributed by atoms with Crippen LogP contribution in [0.15, 0.2) is 24.3 Å². The van der Waals surface area contributed by atoms with Crippen LogP contribution in [-0.2, 0) is 9.53 Å². The van der Waals surface area contributed by atoms with Gasteiger partial charge >= 0.3 is 5.97 Å². The molecule has 0 bridgehead atoms. The van der Waals surface area contributed by atoms with Crippen molar-refractivity contribution in [1.29, 1.82) is 0 Å². The van der Waals surface area contributed by atoms with Crippen LogP contribution in [0, 0.1) is 0 Å². The van der Waals surface area contributed by atoms with Crippen LogP contribution in [-0.4, -0.2) is 25.5 Å². The van der Waals surface area contributed by atoms with Crippen LogP contribution in [0.25, 0.3) is 6.08 Å². The molecule has 0 unspecified atom stereocenters. The lowest BCUT2D eigenvalue weighted by Gasteiger charge is -2.06. The summed E-state index contributed by atoms with van der Waals surface area (Å²) in [7, 11) is 1.56. The molecule has 102 valence electrons. The smallest absolute Gasteiger partial charge is 0.309 e. The molecule has 4 nitrogen and oxygen atoms in total. The Bertz CT molecular complexity index is 489. The molecule has 0 radical (unpaired) electrons. The van der Waals surface area contributed by atoms with E-state index in [-0.39, 0.29) is 18.2 Å². The topological polar surface area (TPSA) is 52.6 Å². The van der Waals surface area contributed by atoms with E-state index in [0.717, 1.165) is 5.56 Å². The van der Waals surface area contributed by atoms with E-state index in [1.54, 1.807) is 44.4 Å². The lowest BCUT2D eigenvalue weighted by Crippen LogP contribution is -2.01. The number of ether oxygens (including phenoxy) is 2. The van der Waals surface area contributed by atoms with Gasteiger partial charge in [-0.1, -0.05) is 12.2 Å². The molecule has 0 aliphatic carbocycles. The van der Waals surface area contributed by atoms with E-state index >= 15 is 0 Å². The number of Topliss-reactive ketones (excluding diaryl/α,β-unsaturated/α-hetero) is 1. The van der Waals surface area contributed by atoms with Gasteiger partial charge in [-0.05, 0) is 32.0 Å². The number of hydrogen-bond donors (Lipinski definition) is 0. The fourth-order valence-corrected chi connectivity index (χ4v) is 1.59. The standard InChI is InChI=1S/C15H18O4/c1-4-19-15(17)7-5-6-13-10-12(11(2)16)8-9-14(13)18-3/h5-6,8-10H,4,7H2,1-3H3. The molecule has 0 heterocycles. The molecule has 0 aromatic heterocycles. The van der Waals surface area contributed by atoms with E-state index in [1.807, 2.05) is 0 Å². The fourth-order valence-electron chi connectivity index (χ4n) is 1.59. The normalized spacial score (nSPS) is 10.5. The number of benzene rings is 1. The minimum absolute atomic E-state index is 0.0114. The molecule has 1 aromatic rings. The molecule has 0 amide bonds. The van der Waals surface area contributed by atoms with Gasteiger partial charge in [-0.25, -0.2) is 0 Å². The molecule has 0 fully saturated rings. The van der Waals surface area contributed by atoms with E-state index in [4.69, 9.17) is 9.47 Å². The molecule has 1 rings (SSSR count). The molecule has 0 saturated carbocycles. The first-order valence-corrected chi connectivity index (χ1v) is 6.09. The predicted molar refractivity (Wildman–Crippen MR) is 73.3 cm³/mol. The third-order valence-electron chi connectivity index (χ3n) is 2.52. The summed E-state index contributed by atoms with van der Waals surface area (Å²) >= 11 is 0. The van der Waals surface area contributed by atoms with Gasteiger partial charge in [0.2, 0.25) is 0 Å². The first kappa shape index (κ1) is 15.0. The lowest BCUT2D eigenvalue weighted by molar-refractivity contribution is -0.142. The largest absolute Gasteiger partial charge is 0.496 e. The van der Waals surface area contributed by atoms with E-state index in [0.29, 0.717) is 17.9 Å². The van der Waals surface area contributed by atoms with Crippen molar-refractivity contribution in [2.75, 3.05) is 13.7 Å². The Hall–Kier alpha value is -2.10. The van der Waals surface area contributed by atoms with Crippen molar-refractivity contribution in [3.05, 3.63) is 35.4 Å². The van der Waals surface area contributed by atoms with Crippen LogP contribution < -0.4 is 4.74 Å². The van der Waals surface area contributed by atoms with Crippen molar-refractivity contribution in [3.63, 3.8) is 0 Å². The average molecular weight is 262 g/mol. The van der Waals surface area contributed by atoms with Crippen LogP contribution in [0.5, 0.6) is 5.75 Å². The number of ketones is 1. The van der Waals surface area contributed by atoms with Crippen molar-refractivity contribution < 1.29 is 19.1 Å². The summed E-state index contributed by atoms with van der Waals surface area (Å²) in [5, 5.41) is 0. The number of rotatable bonds is 6. The third kappa shape index (κ3) is 4.58. The first-order valence-electron chi connectivity index (χ1n) is 6.09. The Balaban J connectivity index is 2.85. The van der Waals surface area contributed by atoms with E-state index in [1.165, 1.54) is 6.92 Å². The van der Waals surface area contributed by atoms with Gasteiger partial charge < -0.3 is 9.47 Å². The highest BCUT2D eigenvalue weighted by Gasteiger charge is 2.05. The summed E-state index contributed by atoms with van der Waals surface area (Å²) in [4.78, 5) is 22.5. The summed E-state index contributed by atoms with van der Waals surface area (Å²) in [6, 6.07) is 5.19. The van der Waals surface area contributed by atoms with E-state index in [2.05, 4.69) is 0 Å². The van der Waals surface area contributed by atoms with Crippen molar-refractivity contribution >= 4 is 17.8 Å². The van der Waals surface area contributed by atoms with Crippen LogP contribution in [0.3, 0.4) is 0 Å². The van der Waals surface area contributed by atoms with Crippen molar-refractivity contribution in [1.82, 2.24) is 0 Å². The molecule has 1 aromatic carbocycles. The van der Waals surface area contributed by atoms with Crippen LogP contribution in [0.4, 0.5) is 0 Å². The van der Waals surface area contributed by atoms with Crippen LogP contribution in [0.2, 0.25) is 0 Å². The molecule has 0 saturated heterocycles.